The summed E-state index contributed by atoms with van der Waals surface area (Å²) in [6, 6.07) is 5.42. The normalized spacial score (nSPS) is 14.3. The first kappa shape index (κ1) is 17.0. The molecule has 1 amide bonds. The molecule has 0 spiro atoms. The fraction of sp³-hybridized carbons (Fsp3) is 0.333. The van der Waals surface area contributed by atoms with Crippen LogP contribution in [0.5, 0.6) is 0 Å². The third-order valence-electron chi connectivity index (χ3n) is 3.31. The number of alkyl halides is 3. The highest BCUT2D eigenvalue weighted by Gasteiger charge is 2.56. The van der Waals surface area contributed by atoms with Gasteiger partial charge >= 0.3 is 6.18 Å². The van der Waals surface area contributed by atoms with Gasteiger partial charge in [0.25, 0.3) is 5.91 Å². The average molecular weight is 328 g/mol. The van der Waals surface area contributed by atoms with Gasteiger partial charge in [0, 0.05) is 25.4 Å². The number of amides is 1. The van der Waals surface area contributed by atoms with Crippen molar-refractivity contribution in [3.05, 3.63) is 53.7 Å². The molecular weight excluding hydrogens is 313 g/mol. The molecule has 0 fully saturated rings. The minimum atomic E-state index is -4.93. The number of hydrogen-bond acceptors (Lipinski definition) is 4. The maximum absolute atomic E-state index is 13.2. The minimum Gasteiger partial charge on any atom is -0.463 e. The molecule has 0 bridgehead atoms. The zero-order valence-electron chi connectivity index (χ0n) is 12.2. The maximum atomic E-state index is 13.2. The Kier molecular flexibility index (Phi) is 4.74. The Hall–Kier alpha value is -2.35. The molecule has 0 saturated heterocycles. The van der Waals surface area contributed by atoms with E-state index < -0.39 is 29.9 Å². The number of halogens is 3. The molecule has 0 aliphatic rings. The van der Waals surface area contributed by atoms with Crippen molar-refractivity contribution < 1.29 is 27.5 Å². The summed E-state index contributed by atoms with van der Waals surface area (Å²) in [5.41, 5.74) is -2.94. The van der Waals surface area contributed by atoms with Gasteiger partial charge < -0.3 is 14.8 Å². The number of hydrogen-bond donors (Lipinski definition) is 2. The summed E-state index contributed by atoms with van der Waals surface area (Å²) in [6.45, 7) is 1.09. The number of pyridine rings is 1. The summed E-state index contributed by atoms with van der Waals surface area (Å²) in [5, 5.41) is 12.4. The highest BCUT2D eigenvalue weighted by molar-refractivity contribution is 5.93. The first-order valence-corrected chi connectivity index (χ1v) is 6.78. The van der Waals surface area contributed by atoms with Gasteiger partial charge in [-0.25, -0.2) is 0 Å². The van der Waals surface area contributed by atoms with Crippen LogP contribution in [0.2, 0.25) is 0 Å². The fourth-order valence-corrected chi connectivity index (χ4v) is 2.02. The molecule has 124 valence electrons. The third-order valence-corrected chi connectivity index (χ3v) is 3.31. The Morgan fingerprint density at radius 1 is 1.35 bits per heavy atom. The number of carbonyl (C=O) groups excluding carboxylic acids is 1. The highest BCUT2D eigenvalue weighted by Crippen LogP contribution is 2.41. The molecule has 0 unspecified atom stereocenters. The van der Waals surface area contributed by atoms with Crippen molar-refractivity contribution in [3.63, 3.8) is 0 Å². The Bertz CT molecular complexity index is 670. The molecule has 5 nitrogen and oxygen atoms in total. The van der Waals surface area contributed by atoms with Crippen LogP contribution in [0.3, 0.4) is 0 Å². The Labute approximate surface area is 130 Å². The minimum absolute atomic E-state index is 0.219. The number of carbonyl (C=O) groups is 1. The monoisotopic (exact) mass is 328 g/mol. The molecule has 2 aromatic heterocycles. The van der Waals surface area contributed by atoms with E-state index in [9.17, 15) is 23.1 Å². The number of aromatic nitrogens is 1. The van der Waals surface area contributed by atoms with E-state index in [-0.39, 0.29) is 17.9 Å². The second kappa shape index (κ2) is 6.41. The van der Waals surface area contributed by atoms with Gasteiger partial charge in [-0.3, -0.25) is 9.78 Å². The Balaban J connectivity index is 2.07. The maximum Gasteiger partial charge on any atom is 0.424 e. The topological polar surface area (TPSA) is 75.4 Å². The molecule has 0 radical (unpaired) electrons. The van der Waals surface area contributed by atoms with Gasteiger partial charge in [0.1, 0.15) is 11.5 Å². The van der Waals surface area contributed by atoms with Gasteiger partial charge in [-0.2, -0.15) is 13.2 Å². The standard InChI is InChI=1S/C15H15F3N2O3/c1-10-4-5-12(23-10)14(22,15(16,17)18)6-8-20-13(21)11-3-2-7-19-9-11/h2-5,7,9,22H,6,8H2,1H3,(H,20,21)/t14-/m0/s1. The van der Waals surface area contributed by atoms with E-state index >= 15 is 0 Å². The lowest BCUT2D eigenvalue weighted by molar-refractivity contribution is -0.274. The molecule has 0 saturated carbocycles. The van der Waals surface area contributed by atoms with Crippen molar-refractivity contribution in [2.75, 3.05) is 6.54 Å². The van der Waals surface area contributed by atoms with Gasteiger partial charge in [-0.15, -0.1) is 0 Å². The van der Waals surface area contributed by atoms with Gasteiger partial charge in [0.15, 0.2) is 0 Å². The summed E-state index contributed by atoms with van der Waals surface area (Å²) in [6.07, 6.45) is -2.94. The molecular formula is C15H15F3N2O3. The molecule has 0 aromatic carbocycles. The van der Waals surface area contributed by atoms with E-state index in [4.69, 9.17) is 4.42 Å². The van der Waals surface area contributed by atoms with Crippen LogP contribution in [0.1, 0.15) is 28.3 Å². The van der Waals surface area contributed by atoms with Crippen LogP contribution in [0.4, 0.5) is 13.2 Å². The number of aryl methyl sites for hydroxylation is 1. The van der Waals surface area contributed by atoms with E-state index in [0.717, 1.165) is 6.07 Å². The van der Waals surface area contributed by atoms with Crippen molar-refractivity contribution >= 4 is 5.91 Å². The second-order valence-corrected chi connectivity index (χ2v) is 5.02. The summed E-state index contributed by atoms with van der Waals surface area (Å²) >= 11 is 0. The number of nitrogens with zero attached hydrogens (tertiary/aromatic N) is 1. The first-order valence-electron chi connectivity index (χ1n) is 6.78. The molecule has 23 heavy (non-hydrogen) atoms. The van der Waals surface area contributed by atoms with Crippen LogP contribution in [0.25, 0.3) is 0 Å². The molecule has 1 atom stereocenters. The van der Waals surface area contributed by atoms with Crippen LogP contribution in [0, 0.1) is 6.92 Å². The summed E-state index contributed by atoms with van der Waals surface area (Å²) in [4.78, 5) is 15.5. The Morgan fingerprint density at radius 2 is 2.09 bits per heavy atom. The number of furan rings is 1. The lowest BCUT2D eigenvalue weighted by Gasteiger charge is -2.28. The number of aliphatic hydroxyl groups is 1. The van der Waals surface area contributed by atoms with Crippen molar-refractivity contribution in [3.8, 4) is 0 Å². The lowest BCUT2D eigenvalue weighted by Crippen LogP contribution is -2.44. The zero-order valence-corrected chi connectivity index (χ0v) is 12.2. The molecule has 0 aliphatic heterocycles. The SMILES string of the molecule is Cc1ccc([C@@](O)(CCNC(=O)c2cccnc2)C(F)(F)F)o1. The predicted octanol–water partition coefficient (Wildman–Crippen LogP) is 2.55. The molecule has 2 N–H and O–H groups in total. The van der Waals surface area contributed by atoms with Crippen molar-refractivity contribution in [2.24, 2.45) is 0 Å². The highest BCUT2D eigenvalue weighted by atomic mass is 19.4. The van der Waals surface area contributed by atoms with Crippen LogP contribution in [0.15, 0.2) is 41.1 Å². The largest absolute Gasteiger partial charge is 0.463 e. The van der Waals surface area contributed by atoms with Gasteiger partial charge in [-0.05, 0) is 31.2 Å². The van der Waals surface area contributed by atoms with Crippen LogP contribution in [-0.2, 0) is 5.60 Å². The molecule has 2 rings (SSSR count). The number of nitrogens with one attached hydrogen (secondary N) is 1. The van der Waals surface area contributed by atoms with E-state index in [1.807, 2.05) is 0 Å². The molecule has 8 heteroatoms. The summed E-state index contributed by atoms with van der Waals surface area (Å²) in [5.74, 6) is -0.918. The van der Waals surface area contributed by atoms with Gasteiger partial charge in [0.05, 0.1) is 5.56 Å². The van der Waals surface area contributed by atoms with Crippen molar-refractivity contribution in [1.82, 2.24) is 10.3 Å². The van der Waals surface area contributed by atoms with Gasteiger partial charge in [-0.1, -0.05) is 0 Å². The van der Waals surface area contributed by atoms with Crippen molar-refractivity contribution in [2.45, 2.75) is 25.1 Å². The smallest absolute Gasteiger partial charge is 0.424 e. The molecule has 2 heterocycles. The molecule has 0 aliphatic carbocycles. The van der Waals surface area contributed by atoms with Crippen molar-refractivity contribution in [1.29, 1.82) is 0 Å². The molecule has 2 aromatic rings. The van der Waals surface area contributed by atoms with E-state index in [0.29, 0.717) is 0 Å². The van der Waals surface area contributed by atoms with E-state index in [1.165, 1.54) is 37.5 Å². The summed E-state index contributed by atoms with van der Waals surface area (Å²) in [7, 11) is 0. The average Bonchev–Trinajstić information content (AvgIpc) is 2.93. The summed E-state index contributed by atoms with van der Waals surface area (Å²) < 4.78 is 44.6. The quantitative estimate of drug-likeness (QED) is 0.884. The van der Waals surface area contributed by atoms with E-state index in [1.54, 1.807) is 0 Å². The third kappa shape index (κ3) is 3.70. The number of rotatable bonds is 5. The fourth-order valence-electron chi connectivity index (χ4n) is 2.02. The zero-order chi connectivity index (χ0) is 17.1. The van der Waals surface area contributed by atoms with Crippen LogP contribution in [-0.4, -0.2) is 28.7 Å². The van der Waals surface area contributed by atoms with Crippen LogP contribution >= 0.6 is 0 Å². The van der Waals surface area contributed by atoms with Gasteiger partial charge in [0.2, 0.25) is 5.60 Å². The van der Waals surface area contributed by atoms with Crippen LogP contribution < -0.4 is 5.32 Å². The Morgan fingerprint density at radius 3 is 2.61 bits per heavy atom. The lowest BCUT2D eigenvalue weighted by atomic mass is 9.95. The van der Waals surface area contributed by atoms with E-state index in [2.05, 4.69) is 10.3 Å². The first-order chi connectivity index (χ1) is 10.7. The second-order valence-electron chi connectivity index (χ2n) is 5.02. The predicted molar refractivity (Wildman–Crippen MR) is 74.6 cm³/mol.